The van der Waals surface area contributed by atoms with Crippen LogP contribution in [0.15, 0.2) is 42.6 Å². The molecule has 7 nitrogen and oxygen atoms in total. The van der Waals surface area contributed by atoms with Gasteiger partial charge in [0, 0.05) is 49.8 Å². The highest BCUT2D eigenvalue weighted by atomic mass is 16.5. The number of ether oxygens (including phenoxy) is 1. The van der Waals surface area contributed by atoms with Crippen LogP contribution in [0, 0.1) is 0 Å². The molecule has 1 amide bonds. The molecule has 1 aromatic heterocycles. The molecular formula is C25H33N5O2. The summed E-state index contributed by atoms with van der Waals surface area (Å²) in [6.45, 7) is 4.60. The van der Waals surface area contributed by atoms with Crippen LogP contribution in [0.25, 0.3) is 0 Å². The standard InChI is InChI=1S/C25H33N5O2/c26-25(31)32-18-19-6-4-7-21(16-19)29-14-5-8-22-23(29)10-15-30(22)24-17-20(9-11-27-24)28-12-2-1-3-13-28/h4,6-7,9,11,16-17,22-23H,1-3,5,8,10,12-15,18H2,(H2,26,31)/t22-,23-/m0/s1. The van der Waals surface area contributed by atoms with E-state index >= 15 is 0 Å². The van der Waals surface area contributed by atoms with Crippen molar-refractivity contribution < 1.29 is 9.53 Å². The van der Waals surface area contributed by atoms with Gasteiger partial charge in [-0.05, 0) is 62.3 Å². The lowest BCUT2D eigenvalue weighted by Gasteiger charge is -2.42. The van der Waals surface area contributed by atoms with Crippen LogP contribution in [0.4, 0.5) is 22.0 Å². The molecule has 3 fully saturated rings. The Bertz CT molecular complexity index is 945. The van der Waals surface area contributed by atoms with Crippen LogP contribution in [0.3, 0.4) is 0 Å². The van der Waals surface area contributed by atoms with E-state index in [0.29, 0.717) is 12.1 Å². The van der Waals surface area contributed by atoms with Gasteiger partial charge in [0.1, 0.15) is 12.4 Å². The van der Waals surface area contributed by atoms with Gasteiger partial charge in [-0.1, -0.05) is 12.1 Å². The summed E-state index contributed by atoms with van der Waals surface area (Å²) in [5, 5.41) is 0. The third kappa shape index (κ3) is 4.33. The van der Waals surface area contributed by atoms with Crippen molar-refractivity contribution in [1.29, 1.82) is 0 Å². The van der Waals surface area contributed by atoms with E-state index in [1.54, 1.807) is 0 Å². The molecule has 0 bridgehead atoms. The zero-order chi connectivity index (χ0) is 21.9. The summed E-state index contributed by atoms with van der Waals surface area (Å²) in [6, 6.07) is 13.7. The molecule has 170 valence electrons. The number of carbonyl (C=O) groups is 1. The molecule has 1 aromatic carbocycles. The molecule has 32 heavy (non-hydrogen) atoms. The number of piperidine rings is 2. The van der Waals surface area contributed by atoms with E-state index < -0.39 is 6.09 Å². The minimum absolute atomic E-state index is 0.213. The first-order chi connectivity index (χ1) is 15.7. The van der Waals surface area contributed by atoms with Crippen LogP contribution in [0.5, 0.6) is 0 Å². The van der Waals surface area contributed by atoms with Gasteiger partial charge in [-0.25, -0.2) is 9.78 Å². The second kappa shape index (κ2) is 9.27. The lowest BCUT2D eigenvalue weighted by Crippen LogP contribution is -2.50. The maximum atomic E-state index is 11.0. The number of rotatable bonds is 5. The van der Waals surface area contributed by atoms with Crippen LogP contribution >= 0.6 is 0 Å². The molecular weight excluding hydrogens is 402 g/mol. The minimum atomic E-state index is -0.737. The fourth-order valence-electron chi connectivity index (χ4n) is 5.68. The van der Waals surface area contributed by atoms with E-state index in [0.717, 1.165) is 50.4 Å². The molecule has 2 atom stereocenters. The van der Waals surface area contributed by atoms with E-state index in [2.05, 4.69) is 39.0 Å². The Kier molecular flexibility index (Phi) is 6.06. The summed E-state index contributed by atoms with van der Waals surface area (Å²) < 4.78 is 4.99. The van der Waals surface area contributed by atoms with Gasteiger partial charge in [-0.15, -0.1) is 0 Å². The van der Waals surface area contributed by atoms with Crippen molar-refractivity contribution in [3.63, 3.8) is 0 Å². The first kappa shape index (κ1) is 20.9. The molecule has 0 spiro atoms. The molecule has 7 heteroatoms. The van der Waals surface area contributed by atoms with Gasteiger partial charge in [-0.2, -0.15) is 0 Å². The SMILES string of the molecule is NC(=O)OCc1cccc(N2CCC[C@H]3[C@@H]2CCN3c2cc(N3CCCCC3)ccn2)c1. The molecule has 5 rings (SSSR count). The summed E-state index contributed by atoms with van der Waals surface area (Å²) in [4.78, 5) is 23.3. The Morgan fingerprint density at radius 1 is 0.938 bits per heavy atom. The topological polar surface area (TPSA) is 74.9 Å². The van der Waals surface area contributed by atoms with Crippen molar-refractivity contribution in [2.45, 2.75) is 57.2 Å². The average Bonchev–Trinajstić information content (AvgIpc) is 3.28. The highest BCUT2D eigenvalue weighted by molar-refractivity contribution is 5.64. The number of anilines is 3. The van der Waals surface area contributed by atoms with Crippen LogP contribution in [0.1, 0.15) is 44.1 Å². The van der Waals surface area contributed by atoms with Gasteiger partial charge in [-0.3, -0.25) is 0 Å². The van der Waals surface area contributed by atoms with Crippen molar-refractivity contribution in [2.24, 2.45) is 5.73 Å². The number of hydrogen-bond donors (Lipinski definition) is 1. The summed E-state index contributed by atoms with van der Waals surface area (Å²) in [6.07, 6.45) is 8.63. The van der Waals surface area contributed by atoms with Crippen molar-refractivity contribution in [2.75, 3.05) is 40.9 Å². The number of nitrogens with two attached hydrogens (primary N) is 1. The minimum Gasteiger partial charge on any atom is -0.445 e. The number of fused-ring (bicyclic) bond motifs is 1. The van der Waals surface area contributed by atoms with Crippen LogP contribution in [-0.4, -0.2) is 49.3 Å². The predicted molar refractivity (Wildman–Crippen MR) is 127 cm³/mol. The largest absolute Gasteiger partial charge is 0.445 e. The molecule has 2 aromatic rings. The molecule has 2 N–H and O–H groups in total. The van der Waals surface area contributed by atoms with Crippen LogP contribution in [-0.2, 0) is 11.3 Å². The molecule has 4 heterocycles. The van der Waals surface area contributed by atoms with Crippen molar-refractivity contribution in [1.82, 2.24) is 4.98 Å². The monoisotopic (exact) mass is 435 g/mol. The Morgan fingerprint density at radius 3 is 2.62 bits per heavy atom. The van der Waals surface area contributed by atoms with Crippen LogP contribution in [0.2, 0.25) is 0 Å². The molecule has 0 saturated carbocycles. The maximum Gasteiger partial charge on any atom is 0.404 e. The van der Waals surface area contributed by atoms with E-state index in [-0.39, 0.29) is 6.61 Å². The van der Waals surface area contributed by atoms with Crippen molar-refractivity contribution >= 4 is 23.3 Å². The van der Waals surface area contributed by atoms with E-state index in [1.807, 2.05) is 18.3 Å². The first-order valence-corrected chi connectivity index (χ1v) is 11.9. The number of nitrogens with zero attached hydrogens (tertiary/aromatic N) is 4. The summed E-state index contributed by atoms with van der Waals surface area (Å²) in [5.41, 5.74) is 8.61. The number of amides is 1. The van der Waals surface area contributed by atoms with Gasteiger partial charge in [0.15, 0.2) is 0 Å². The third-order valence-corrected chi connectivity index (χ3v) is 7.18. The van der Waals surface area contributed by atoms with Gasteiger partial charge in [0.25, 0.3) is 0 Å². The fraction of sp³-hybridized carbons (Fsp3) is 0.520. The number of pyridine rings is 1. The number of primary amides is 1. The van der Waals surface area contributed by atoms with Gasteiger partial charge in [0.05, 0.1) is 12.1 Å². The molecule has 0 unspecified atom stereocenters. The first-order valence-electron chi connectivity index (χ1n) is 11.9. The van der Waals surface area contributed by atoms with Crippen molar-refractivity contribution in [3.05, 3.63) is 48.2 Å². The fourth-order valence-corrected chi connectivity index (χ4v) is 5.68. The van der Waals surface area contributed by atoms with Crippen LogP contribution < -0.4 is 20.4 Å². The summed E-state index contributed by atoms with van der Waals surface area (Å²) in [5.74, 6) is 1.12. The van der Waals surface area contributed by atoms with E-state index in [9.17, 15) is 4.79 Å². The zero-order valence-corrected chi connectivity index (χ0v) is 18.7. The van der Waals surface area contributed by atoms with Gasteiger partial charge in [0.2, 0.25) is 0 Å². The van der Waals surface area contributed by atoms with Gasteiger partial charge < -0.3 is 25.2 Å². The second-order valence-electron chi connectivity index (χ2n) is 9.15. The lowest BCUT2D eigenvalue weighted by atomic mass is 9.95. The third-order valence-electron chi connectivity index (χ3n) is 7.18. The average molecular weight is 436 g/mol. The number of aromatic nitrogens is 1. The molecule has 0 radical (unpaired) electrons. The van der Waals surface area contributed by atoms with Gasteiger partial charge >= 0.3 is 6.09 Å². The quantitative estimate of drug-likeness (QED) is 0.767. The Morgan fingerprint density at radius 2 is 1.78 bits per heavy atom. The summed E-state index contributed by atoms with van der Waals surface area (Å²) in [7, 11) is 0. The Hall–Kier alpha value is -2.96. The maximum absolute atomic E-state index is 11.0. The Balaban J connectivity index is 1.33. The zero-order valence-electron chi connectivity index (χ0n) is 18.7. The lowest BCUT2D eigenvalue weighted by molar-refractivity contribution is 0.150. The molecule has 3 aliphatic heterocycles. The number of benzene rings is 1. The highest BCUT2D eigenvalue weighted by Gasteiger charge is 2.41. The van der Waals surface area contributed by atoms with E-state index in [4.69, 9.17) is 15.5 Å². The normalized spacial score (nSPS) is 23.2. The molecule has 3 saturated heterocycles. The number of hydrogen-bond acceptors (Lipinski definition) is 6. The smallest absolute Gasteiger partial charge is 0.404 e. The highest BCUT2D eigenvalue weighted by Crippen LogP contribution is 2.37. The molecule has 0 aliphatic carbocycles. The number of carbonyl (C=O) groups excluding carboxylic acids is 1. The van der Waals surface area contributed by atoms with E-state index in [1.165, 1.54) is 37.1 Å². The second-order valence-corrected chi connectivity index (χ2v) is 9.15. The molecule has 3 aliphatic rings. The Labute approximate surface area is 190 Å². The summed E-state index contributed by atoms with van der Waals surface area (Å²) >= 11 is 0. The van der Waals surface area contributed by atoms with Crippen molar-refractivity contribution in [3.8, 4) is 0 Å². The predicted octanol–water partition coefficient (Wildman–Crippen LogP) is 3.91.